The highest BCUT2D eigenvalue weighted by Gasteiger charge is 2.17. The molecule has 2 amide bonds. The van der Waals surface area contributed by atoms with Crippen molar-refractivity contribution in [3.8, 4) is 0 Å². The molecule has 1 aromatic heterocycles. The number of aromatic nitrogens is 2. The lowest BCUT2D eigenvalue weighted by Crippen LogP contribution is -2.33. The quantitative estimate of drug-likeness (QED) is 0.787. The van der Waals surface area contributed by atoms with Crippen molar-refractivity contribution < 1.29 is 9.90 Å². The Balaban J connectivity index is 2.01. The molecular weight excluding hydrogens is 304 g/mol. The predicted octanol–water partition coefficient (Wildman–Crippen LogP) is 3.02. The number of amides is 2. The van der Waals surface area contributed by atoms with Crippen molar-refractivity contribution in [2.24, 2.45) is 0 Å². The van der Waals surface area contributed by atoms with Crippen molar-refractivity contribution in [3.05, 3.63) is 53.7 Å². The van der Waals surface area contributed by atoms with Crippen LogP contribution in [0, 0.1) is 0 Å². The van der Waals surface area contributed by atoms with Crippen LogP contribution in [0.5, 0.6) is 0 Å². The maximum atomic E-state index is 12.2. The van der Waals surface area contributed by atoms with Crippen LogP contribution in [-0.4, -0.2) is 27.9 Å². The van der Waals surface area contributed by atoms with E-state index in [1.165, 1.54) is 0 Å². The summed E-state index contributed by atoms with van der Waals surface area (Å²) < 4.78 is 0. The van der Waals surface area contributed by atoms with Crippen LogP contribution in [0.3, 0.4) is 0 Å². The molecule has 0 aliphatic carbocycles. The van der Waals surface area contributed by atoms with Crippen molar-refractivity contribution in [1.29, 1.82) is 0 Å². The molecule has 0 aliphatic heterocycles. The van der Waals surface area contributed by atoms with Crippen LogP contribution >= 0.6 is 0 Å². The van der Waals surface area contributed by atoms with Gasteiger partial charge in [0.15, 0.2) is 5.82 Å². The molecule has 1 atom stereocenters. The van der Waals surface area contributed by atoms with Gasteiger partial charge in [0.2, 0.25) is 0 Å². The highest BCUT2D eigenvalue weighted by atomic mass is 16.3. The normalized spacial score (nSPS) is 12.5. The number of benzene rings is 1. The number of nitrogens with zero attached hydrogens (tertiary/aromatic N) is 2. The largest absolute Gasteiger partial charge is 0.396 e. The summed E-state index contributed by atoms with van der Waals surface area (Å²) in [7, 11) is 0. The lowest BCUT2D eigenvalue weighted by molar-refractivity contribution is 0.239. The zero-order valence-electron chi connectivity index (χ0n) is 14.3. The number of carbonyl (C=O) groups is 1. The fraction of sp³-hybridized carbons (Fsp3) is 0.389. The number of hydrogen-bond acceptors (Lipinski definition) is 4. The van der Waals surface area contributed by atoms with E-state index < -0.39 is 0 Å². The highest BCUT2D eigenvalue weighted by molar-refractivity contribution is 5.88. The van der Waals surface area contributed by atoms with Gasteiger partial charge in [-0.3, -0.25) is 5.32 Å². The summed E-state index contributed by atoms with van der Waals surface area (Å²) in [5, 5.41) is 22.9. The molecule has 0 saturated heterocycles. The number of nitrogens with one attached hydrogen (secondary N) is 2. The van der Waals surface area contributed by atoms with Gasteiger partial charge in [0.05, 0.1) is 11.7 Å². The summed E-state index contributed by atoms with van der Waals surface area (Å²) in [6, 6.07) is 12.5. The van der Waals surface area contributed by atoms with E-state index in [9.17, 15) is 9.90 Å². The van der Waals surface area contributed by atoms with Crippen LogP contribution < -0.4 is 10.6 Å². The van der Waals surface area contributed by atoms with Crippen LogP contribution in [-0.2, 0) is 5.41 Å². The molecular formula is C18H24N4O2. The Morgan fingerprint density at radius 3 is 2.38 bits per heavy atom. The lowest BCUT2D eigenvalue weighted by Gasteiger charge is -2.19. The number of rotatable bonds is 5. The van der Waals surface area contributed by atoms with E-state index in [2.05, 4.69) is 41.6 Å². The number of aliphatic hydroxyl groups is 1. The molecule has 3 N–H and O–H groups in total. The van der Waals surface area contributed by atoms with E-state index >= 15 is 0 Å². The first kappa shape index (κ1) is 17.9. The molecule has 128 valence electrons. The van der Waals surface area contributed by atoms with E-state index in [0.29, 0.717) is 12.2 Å². The number of anilines is 1. The first-order chi connectivity index (χ1) is 11.4. The number of carbonyl (C=O) groups excluding carboxylic acids is 1. The van der Waals surface area contributed by atoms with Crippen LogP contribution in [0.4, 0.5) is 10.6 Å². The SMILES string of the molecule is CC(C)(C)c1ccc(NC(=O)N[C@H](CCO)c2ccccc2)nn1. The number of urea groups is 1. The Kier molecular flexibility index (Phi) is 5.87. The maximum Gasteiger partial charge on any atom is 0.320 e. The molecule has 2 rings (SSSR count). The second-order valence-electron chi connectivity index (χ2n) is 6.63. The third-order valence-electron chi connectivity index (χ3n) is 3.60. The van der Waals surface area contributed by atoms with E-state index in [1.54, 1.807) is 6.07 Å². The molecule has 6 nitrogen and oxygen atoms in total. The first-order valence-corrected chi connectivity index (χ1v) is 7.97. The van der Waals surface area contributed by atoms with E-state index in [1.807, 2.05) is 36.4 Å². The van der Waals surface area contributed by atoms with Crippen LogP contribution in [0.2, 0.25) is 0 Å². The zero-order valence-corrected chi connectivity index (χ0v) is 14.3. The van der Waals surface area contributed by atoms with Crippen molar-refractivity contribution >= 4 is 11.8 Å². The minimum Gasteiger partial charge on any atom is -0.396 e. The second-order valence-corrected chi connectivity index (χ2v) is 6.63. The maximum absolute atomic E-state index is 12.2. The molecule has 0 spiro atoms. The third-order valence-corrected chi connectivity index (χ3v) is 3.60. The molecule has 0 bridgehead atoms. The molecule has 6 heteroatoms. The molecule has 1 heterocycles. The monoisotopic (exact) mass is 328 g/mol. The average Bonchev–Trinajstić information content (AvgIpc) is 2.55. The van der Waals surface area contributed by atoms with Crippen molar-refractivity contribution in [3.63, 3.8) is 0 Å². The minimum absolute atomic E-state index is 0.0140. The number of hydrogen-bond donors (Lipinski definition) is 3. The van der Waals surface area contributed by atoms with Gasteiger partial charge >= 0.3 is 6.03 Å². The summed E-state index contributed by atoms with van der Waals surface area (Å²) >= 11 is 0. The van der Waals surface area contributed by atoms with E-state index in [0.717, 1.165) is 11.3 Å². The fourth-order valence-electron chi connectivity index (χ4n) is 2.25. The molecule has 0 fully saturated rings. The van der Waals surface area contributed by atoms with Crippen LogP contribution in [0.1, 0.15) is 44.5 Å². The molecule has 0 radical (unpaired) electrons. The van der Waals surface area contributed by atoms with Gasteiger partial charge in [0.25, 0.3) is 0 Å². The van der Waals surface area contributed by atoms with E-state index in [4.69, 9.17) is 0 Å². The van der Waals surface area contributed by atoms with Crippen molar-refractivity contribution in [2.75, 3.05) is 11.9 Å². The van der Waals surface area contributed by atoms with E-state index in [-0.39, 0.29) is 24.1 Å². The summed E-state index contributed by atoms with van der Waals surface area (Å²) in [5.41, 5.74) is 1.71. The minimum atomic E-state index is -0.380. The third kappa shape index (κ3) is 5.03. The molecule has 2 aromatic rings. The Morgan fingerprint density at radius 2 is 1.83 bits per heavy atom. The highest BCUT2D eigenvalue weighted by Crippen LogP contribution is 2.20. The molecule has 0 aliphatic rings. The molecule has 1 aromatic carbocycles. The Labute approximate surface area is 142 Å². The van der Waals surface area contributed by atoms with Gasteiger partial charge in [-0.25, -0.2) is 4.79 Å². The average molecular weight is 328 g/mol. The van der Waals surface area contributed by atoms with Crippen molar-refractivity contribution in [1.82, 2.24) is 15.5 Å². The second kappa shape index (κ2) is 7.88. The van der Waals surface area contributed by atoms with Gasteiger partial charge in [-0.05, 0) is 24.1 Å². The van der Waals surface area contributed by atoms with Gasteiger partial charge in [0, 0.05) is 12.0 Å². The van der Waals surface area contributed by atoms with Crippen molar-refractivity contribution in [2.45, 2.75) is 38.6 Å². The first-order valence-electron chi connectivity index (χ1n) is 7.97. The van der Waals surface area contributed by atoms with Gasteiger partial charge < -0.3 is 10.4 Å². The predicted molar refractivity (Wildman–Crippen MR) is 93.8 cm³/mol. The Bertz CT molecular complexity index is 651. The topological polar surface area (TPSA) is 87.1 Å². The smallest absolute Gasteiger partial charge is 0.320 e. The summed E-state index contributed by atoms with van der Waals surface area (Å²) in [4.78, 5) is 12.2. The van der Waals surface area contributed by atoms with Gasteiger partial charge in [0.1, 0.15) is 0 Å². The van der Waals surface area contributed by atoms with Gasteiger partial charge in [-0.2, -0.15) is 5.10 Å². The Hall–Kier alpha value is -2.47. The molecule has 24 heavy (non-hydrogen) atoms. The molecule has 0 unspecified atom stereocenters. The Morgan fingerprint density at radius 1 is 1.12 bits per heavy atom. The summed E-state index contributed by atoms with van der Waals surface area (Å²) in [6.07, 6.45) is 0.437. The van der Waals surface area contributed by atoms with Gasteiger partial charge in [-0.15, -0.1) is 5.10 Å². The zero-order chi connectivity index (χ0) is 17.6. The summed E-state index contributed by atoms with van der Waals surface area (Å²) in [5.74, 6) is 0.385. The number of aliphatic hydroxyl groups excluding tert-OH is 1. The van der Waals surface area contributed by atoms with Crippen LogP contribution in [0.25, 0.3) is 0 Å². The molecule has 0 saturated carbocycles. The standard InChI is InChI=1S/C18H24N4O2/c1-18(2,3)15-9-10-16(22-21-15)20-17(24)19-14(11-12-23)13-7-5-4-6-8-13/h4-10,14,23H,11-12H2,1-3H3,(H2,19,20,22,24)/t14-/m1/s1. The summed E-state index contributed by atoms with van der Waals surface area (Å²) in [6.45, 7) is 6.14. The fourth-order valence-corrected chi connectivity index (χ4v) is 2.25. The van der Waals surface area contributed by atoms with Crippen LogP contribution in [0.15, 0.2) is 42.5 Å². The lowest BCUT2D eigenvalue weighted by atomic mass is 9.92. The van der Waals surface area contributed by atoms with Gasteiger partial charge in [-0.1, -0.05) is 51.1 Å².